The van der Waals surface area contributed by atoms with Gasteiger partial charge in [0.05, 0.1) is 22.2 Å². The summed E-state index contributed by atoms with van der Waals surface area (Å²) in [6.45, 7) is 0. The molecule has 1 aliphatic heterocycles. The number of ketones is 1. The topological polar surface area (TPSA) is 52.0 Å². The summed E-state index contributed by atoms with van der Waals surface area (Å²) in [6, 6.07) is 11.9. The number of fused-ring (bicyclic) bond motifs is 4. The van der Waals surface area contributed by atoms with Crippen molar-refractivity contribution in [3.63, 3.8) is 0 Å². The van der Waals surface area contributed by atoms with E-state index in [2.05, 4.69) is 4.98 Å². The molecule has 0 saturated heterocycles. The highest BCUT2D eigenvalue weighted by Gasteiger charge is 2.30. The van der Waals surface area contributed by atoms with Crippen LogP contribution in [0, 0.1) is 0 Å². The molecule has 0 bridgehead atoms. The summed E-state index contributed by atoms with van der Waals surface area (Å²) in [7, 11) is 0. The van der Waals surface area contributed by atoms with Gasteiger partial charge in [-0.25, -0.2) is 4.98 Å². The highest BCUT2D eigenvalue weighted by molar-refractivity contribution is 6.31. The standard InChI is InChI=1S/C15H7ClN2O2/c16-8-5-6-12-10(7-8)13(19)14-17-11-4-2-1-3-9(11)15(20)18(12)14/h1-7H. The first-order chi connectivity index (χ1) is 9.66. The molecule has 0 fully saturated rings. The molecule has 0 radical (unpaired) electrons. The molecule has 0 unspecified atom stereocenters. The lowest BCUT2D eigenvalue weighted by Crippen LogP contribution is -2.21. The third-order valence-corrected chi connectivity index (χ3v) is 3.66. The van der Waals surface area contributed by atoms with Crippen LogP contribution in [-0.4, -0.2) is 15.3 Å². The van der Waals surface area contributed by atoms with Gasteiger partial charge < -0.3 is 0 Å². The first-order valence-corrected chi connectivity index (χ1v) is 6.41. The third-order valence-electron chi connectivity index (χ3n) is 3.42. The van der Waals surface area contributed by atoms with E-state index in [1.165, 1.54) is 4.57 Å². The summed E-state index contributed by atoms with van der Waals surface area (Å²) < 4.78 is 1.36. The largest absolute Gasteiger partial charge is 0.285 e. The van der Waals surface area contributed by atoms with Gasteiger partial charge in [-0.1, -0.05) is 23.7 Å². The Bertz CT molecular complexity index is 960. The quantitative estimate of drug-likeness (QED) is 0.498. The lowest BCUT2D eigenvalue weighted by molar-refractivity contribution is 0.103. The number of carbonyl (C=O) groups excluding carboxylic acids is 1. The van der Waals surface area contributed by atoms with Crippen LogP contribution in [-0.2, 0) is 0 Å². The molecule has 0 amide bonds. The Morgan fingerprint density at radius 1 is 1.05 bits per heavy atom. The van der Waals surface area contributed by atoms with E-state index in [-0.39, 0.29) is 17.2 Å². The van der Waals surface area contributed by atoms with Crippen molar-refractivity contribution in [1.29, 1.82) is 0 Å². The van der Waals surface area contributed by atoms with Crippen LogP contribution >= 0.6 is 11.6 Å². The molecule has 0 atom stereocenters. The number of rotatable bonds is 0. The summed E-state index contributed by atoms with van der Waals surface area (Å²) in [5, 5.41) is 0.953. The van der Waals surface area contributed by atoms with Crippen LogP contribution in [0.1, 0.15) is 16.2 Å². The number of hydrogen-bond donors (Lipinski definition) is 0. The number of aromatic nitrogens is 2. The van der Waals surface area contributed by atoms with Crippen molar-refractivity contribution in [2.24, 2.45) is 0 Å². The van der Waals surface area contributed by atoms with Crippen molar-refractivity contribution in [1.82, 2.24) is 9.55 Å². The minimum Gasteiger partial charge on any atom is -0.285 e. The first kappa shape index (κ1) is 11.4. The summed E-state index contributed by atoms with van der Waals surface area (Å²) in [5.74, 6) is -0.128. The van der Waals surface area contributed by atoms with E-state index in [4.69, 9.17) is 11.6 Å². The third kappa shape index (κ3) is 1.34. The smallest absolute Gasteiger partial charge is 0.266 e. The SMILES string of the molecule is O=C1c2cc(Cl)ccc2-n2c1nc1ccccc1c2=O. The number of carbonyl (C=O) groups is 1. The van der Waals surface area contributed by atoms with Gasteiger partial charge in [0.1, 0.15) is 0 Å². The van der Waals surface area contributed by atoms with E-state index >= 15 is 0 Å². The molecule has 1 aliphatic rings. The highest BCUT2D eigenvalue weighted by atomic mass is 35.5. The van der Waals surface area contributed by atoms with Crippen LogP contribution in [0.15, 0.2) is 47.3 Å². The molecule has 3 aromatic rings. The number of benzene rings is 2. The van der Waals surface area contributed by atoms with Crippen LogP contribution < -0.4 is 5.56 Å². The fraction of sp³-hybridized carbons (Fsp3) is 0. The average Bonchev–Trinajstić information content (AvgIpc) is 2.73. The Labute approximate surface area is 118 Å². The number of halogens is 1. The highest BCUT2D eigenvalue weighted by Crippen LogP contribution is 2.28. The van der Waals surface area contributed by atoms with Crippen LogP contribution in [0.4, 0.5) is 0 Å². The molecule has 5 heteroatoms. The summed E-state index contributed by atoms with van der Waals surface area (Å²) in [6.07, 6.45) is 0. The fourth-order valence-corrected chi connectivity index (χ4v) is 2.69. The predicted octanol–water partition coefficient (Wildman–Crippen LogP) is 2.58. The lowest BCUT2D eigenvalue weighted by Gasteiger charge is -2.05. The minimum atomic E-state index is -0.273. The van der Waals surface area contributed by atoms with Gasteiger partial charge in [0.2, 0.25) is 5.78 Å². The lowest BCUT2D eigenvalue weighted by atomic mass is 10.1. The van der Waals surface area contributed by atoms with Crippen molar-refractivity contribution < 1.29 is 4.79 Å². The second kappa shape index (κ2) is 3.77. The minimum absolute atomic E-state index is 0.144. The molecule has 96 valence electrons. The van der Waals surface area contributed by atoms with E-state index in [0.29, 0.717) is 27.2 Å². The maximum atomic E-state index is 12.6. The average molecular weight is 283 g/mol. The van der Waals surface area contributed by atoms with Crippen LogP contribution in [0.2, 0.25) is 5.02 Å². The molecule has 0 spiro atoms. The Morgan fingerprint density at radius 3 is 2.70 bits per heavy atom. The molecule has 0 N–H and O–H groups in total. The predicted molar refractivity (Wildman–Crippen MR) is 75.8 cm³/mol. The summed E-state index contributed by atoms with van der Waals surface area (Å²) in [5.41, 5.74) is 1.24. The zero-order valence-corrected chi connectivity index (χ0v) is 10.9. The Morgan fingerprint density at radius 2 is 1.85 bits per heavy atom. The van der Waals surface area contributed by atoms with Gasteiger partial charge in [0.15, 0.2) is 5.82 Å². The van der Waals surface area contributed by atoms with Crippen molar-refractivity contribution in [2.75, 3.05) is 0 Å². The molecule has 2 aromatic carbocycles. The number of hydrogen-bond acceptors (Lipinski definition) is 3. The molecule has 20 heavy (non-hydrogen) atoms. The van der Waals surface area contributed by atoms with E-state index < -0.39 is 0 Å². The second-order valence-corrected chi connectivity index (χ2v) is 5.02. The van der Waals surface area contributed by atoms with E-state index in [0.717, 1.165) is 0 Å². The maximum absolute atomic E-state index is 12.6. The van der Waals surface area contributed by atoms with Crippen LogP contribution in [0.3, 0.4) is 0 Å². The molecule has 4 nitrogen and oxygen atoms in total. The number of nitrogens with zero attached hydrogens (tertiary/aromatic N) is 2. The zero-order valence-electron chi connectivity index (χ0n) is 10.1. The Balaban J connectivity index is 2.20. The molecule has 1 aromatic heterocycles. The Kier molecular flexibility index (Phi) is 2.15. The van der Waals surface area contributed by atoms with Gasteiger partial charge in [0, 0.05) is 5.02 Å². The van der Waals surface area contributed by atoms with E-state index in [1.54, 1.807) is 42.5 Å². The first-order valence-electron chi connectivity index (χ1n) is 6.03. The molecule has 4 rings (SSSR count). The van der Waals surface area contributed by atoms with Gasteiger partial charge >= 0.3 is 0 Å². The Hall–Kier alpha value is -2.46. The van der Waals surface area contributed by atoms with Crippen molar-refractivity contribution in [3.05, 3.63) is 69.2 Å². The molecular formula is C15H7ClN2O2. The van der Waals surface area contributed by atoms with Crippen LogP contribution in [0.5, 0.6) is 0 Å². The van der Waals surface area contributed by atoms with Crippen molar-refractivity contribution in [3.8, 4) is 5.69 Å². The van der Waals surface area contributed by atoms with Gasteiger partial charge in [0.25, 0.3) is 5.56 Å². The van der Waals surface area contributed by atoms with Crippen molar-refractivity contribution >= 4 is 28.3 Å². The van der Waals surface area contributed by atoms with Gasteiger partial charge in [-0.3, -0.25) is 14.2 Å². The van der Waals surface area contributed by atoms with Crippen LogP contribution in [0.25, 0.3) is 16.6 Å². The molecule has 0 saturated carbocycles. The van der Waals surface area contributed by atoms with E-state index in [1.807, 2.05) is 0 Å². The molecule has 2 heterocycles. The normalized spacial score (nSPS) is 12.6. The summed E-state index contributed by atoms with van der Waals surface area (Å²) >= 11 is 5.92. The zero-order chi connectivity index (χ0) is 13.9. The summed E-state index contributed by atoms with van der Waals surface area (Å²) in [4.78, 5) is 29.2. The maximum Gasteiger partial charge on any atom is 0.266 e. The van der Waals surface area contributed by atoms with Gasteiger partial charge in [-0.05, 0) is 30.3 Å². The monoisotopic (exact) mass is 282 g/mol. The van der Waals surface area contributed by atoms with Crippen molar-refractivity contribution in [2.45, 2.75) is 0 Å². The second-order valence-electron chi connectivity index (χ2n) is 4.58. The number of para-hydroxylation sites is 1. The molecule has 0 aliphatic carbocycles. The van der Waals surface area contributed by atoms with Gasteiger partial charge in [-0.15, -0.1) is 0 Å². The fourth-order valence-electron chi connectivity index (χ4n) is 2.51. The van der Waals surface area contributed by atoms with E-state index in [9.17, 15) is 9.59 Å². The molecular weight excluding hydrogens is 276 g/mol. The van der Waals surface area contributed by atoms with Gasteiger partial charge in [-0.2, -0.15) is 0 Å².